The van der Waals surface area contributed by atoms with E-state index < -0.39 is 0 Å². The first-order valence-electron chi connectivity index (χ1n) is 8.15. The van der Waals surface area contributed by atoms with Crippen molar-refractivity contribution in [3.63, 3.8) is 0 Å². The van der Waals surface area contributed by atoms with E-state index in [1.54, 1.807) is 44.6 Å². The molecule has 0 atom stereocenters. The Morgan fingerprint density at radius 1 is 0.962 bits per heavy atom. The summed E-state index contributed by atoms with van der Waals surface area (Å²) in [5, 5.41) is 8.12. The maximum absolute atomic E-state index is 12.0. The highest BCUT2D eigenvalue weighted by Gasteiger charge is 2.09. The maximum Gasteiger partial charge on any atom is 0.319 e. The lowest BCUT2D eigenvalue weighted by Gasteiger charge is -2.11. The van der Waals surface area contributed by atoms with Crippen molar-refractivity contribution < 1.29 is 19.1 Å². The molecule has 0 saturated heterocycles. The van der Waals surface area contributed by atoms with Crippen LogP contribution in [0.25, 0.3) is 0 Å². The van der Waals surface area contributed by atoms with Gasteiger partial charge in [0.1, 0.15) is 11.5 Å². The molecule has 2 aromatic carbocycles. The summed E-state index contributed by atoms with van der Waals surface area (Å²) < 4.78 is 10.3. The molecule has 2 rings (SSSR count). The molecule has 0 heterocycles. The lowest BCUT2D eigenvalue weighted by atomic mass is 10.2. The highest BCUT2D eigenvalue weighted by atomic mass is 16.5. The Kier molecular flexibility index (Phi) is 6.84. The Morgan fingerprint density at radius 2 is 1.69 bits per heavy atom. The van der Waals surface area contributed by atoms with E-state index in [1.807, 2.05) is 19.1 Å². The highest BCUT2D eigenvalue weighted by molar-refractivity contribution is 5.93. The number of nitrogens with one attached hydrogen (secondary N) is 3. The van der Waals surface area contributed by atoms with Crippen LogP contribution in [0.4, 0.5) is 16.2 Å². The van der Waals surface area contributed by atoms with Crippen LogP contribution in [-0.2, 0) is 4.79 Å². The molecule has 0 aliphatic carbocycles. The summed E-state index contributed by atoms with van der Waals surface area (Å²) >= 11 is 0. The second kappa shape index (κ2) is 9.31. The molecule has 7 nitrogen and oxygen atoms in total. The SMILES string of the molecule is COc1ccc(NC(=O)NCCC(=O)Nc2cc(C)ccc2OC)cc1. The largest absolute Gasteiger partial charge is 0.497 e. The standard InChI is InChI=1S/C19H23N3O4/c1-13-4-9-17(26-3)16(12-13)22-18(23)10-11-20-19(24)21-14-5-7-15(25-2)8-6-14/h4-9,12H,10-11H2,1-3H3,(H,22,23)(H2,20,21,24). The average molecular weight is 357 g/mol. The quantitative estimate of drug-likeness (QED) is 0.710. The zero-order valence-corrected chi connectivity index (χ0v) is 15.1. The van der Waals surface area contributed by atoms with E-state index in [0.29, 0.717) is 22.9 Å². The molecule has 138 valence electrons. The van der Waals surface area contributed by atoms with Gasteiger partial charge < -0.3 is 25.4 Å². The van der Waals surface area contributed by atoms with Crippen molar-refractivity contribution in [2.24, 2.45) is 0 Å². The van der Waals surface area contributed by atoms with E-state index in [2.05, 4.69) is 16.0 Å². The zero-order valence-electron chi connectivity index (χ0n) is 15.1. The first-order chi connectivity index (χ1) is 12.5. The Labute approximate surface area is 152 Å². The Balaban J connectivity index is 1.77. The van der Waals surface area contributed by atoms with Crippen LogP contribution in [0.1, 0.15) is 12.0 Å². The summed E-state index contributed by atoms with van der Waals surface area (Å²) in [7, 11) is 3.12. The lowest BCUT2D eigenvalue weighted by molar-refractivity contribution is -0.116. The molecular weight excluding hydrogens is 334 g/mol. The summed E-state index contributed by atoms with van der Waals surface area (Å²) in [6.45, 7) is 2.14. The van der Waals surface area contributed by atoms with E-state index in [0.717, 1.165) is 5.56 Å². The minimum absolute atomic E-state index is 0.146. The summed E-state index contributed by atoms with van der Waals surface area (Å²) in [5.74, 6) is 1.09. The number of carbonyl (C=O) groups excluding carboxylic acids is 2. The second-order valence-electron chi connectivity index (χ2n) is 5.61. The molecule has 0 fully saturated rings. The third-order valence-corrected chi connectivity index (χ3v) is 3.61. The molecule has 7 heteroatoms. The number of anilines is 2. The number of rotatable bonds is 7. The Bertz CT molecular complexity index is 760. The molecule has 3 amide bonds. The summed E-state index contributed by atoms with van der Waals surface area (Å²) in [4.78, 5) is 23.9. The van der Waals surface area contributed by atoms with Gasteiger partial charge in [0.15, 0.2) is 0 Å². The number of hydrogen-bond donors (Lipinski definition) is 3. The van der Waals surface area contributed by atoms with E-state index >= 15 is 0 Å². The van der Waals surface area contributed by atoms with Gasteiger partial charge in [-0.2, -0.15) is 0 Å². The average Bonchev–Trinajstić information content (AvgIpc) is 2.62. The third kappa shape index (κ3) is 5.70. The smallest absolute Gasteiger partial charge is 0.319 e. The van der Waals surface area contributed by atoms with Crippen molar-refractivity contribution in [1.29, 1.82) is 0 Å². The van der Waals surface area contributed by atoms with Gasteiger partial charge in [0.2, 0.25) is 5.91 Å². The number of benzene rings is 2. The van der Waals surface area contributed by atoms with Crippen LogP contribution in [0.5, 0.6) is 11.5 Å². The minimum Gasteiger partial charge on any atom is -0.497 e. The monoisotopic (exact) mass is 357 g/mol. The topological polar surface area (TPSA) is 88.7 Å². The first-order valence-corrected chi connectivity index (χ1v) is 8.15. The van der Waals surface area contributed by atoms with Crippen molar-refractivity contribution in [3.8, 4) is 11.5 Å². The van der Waals surface area contributed by atoms with Crippen LogP contribution < -0.4 is 25.4 Å². The summed E-state index contributed by atoms with van der Waals surface area (Å²) in [5.41, 5.74) is 2.26. The molecule has 0 bridgehead atoms. The molecule has 0 unspecified atom stereocenters. The number of methoxy groups -OCH3 is 2. The summed E-state index contributed by atoms with van der Waals surface area (Å²) in [6.07, 6.45) is 0.146. The van der Waals surface area contributed by atoms with Crippen LogP contribution in [-0.4, -0.2) is 32.7 Å². The van der Waals surface area contributed by atoms with Crippen LogP contribution in [0.3, 0.4) is 0 Å². The second-order valence-corrected chi connectivity index (χ2v) is 5.61. The fraction of sp³-hybridized carbons (Fsp3) is 0.263. The molecule has 26 heavy (non-hydrogen) atoms. The van der Waals surface area contributed by atoms with E-state index in [4.69, 9.17) is 9.47 Å². The molecule has 0 spiro atoms. The molecule has 0 saturated carbocycles. The van der Waals surface area contributed by atoms with Gasteiger partial charge >= 0.3 is 6.03 Å². The van der Waals surface area contributed by atoms with Gasteiger partial charge in [-0.1, -0.05) is 6.07 Å². The fourth-order valence-corrected chi connectivity index (χ4v) is 2.27. The van der Waals surface area contributed by atoms with Crippen molar-refractivity contribution in [1.82, 2.24) is 5.32 Å². The van der Waals surface area contributed by atoms with Gasteiger partial charge in [-0.3, -0.25) is 4.79 Å². The summed E-state index contributed by atoms with van der Waals surface area (Å²) in [6, 6.07) is 12.1. The van der Waals surface area contributed by atoms with Crippen molar-refractivity contribution in [2.75, 3.05) is 31.4 Å². The number of hydrogen-bond acceptors (Lipinski definition) is 4. The van der Waals surface area contributed by atoms with Gasteiger partial charge in [-0.25, -0.2) is 4.79 Å². The number of amides is 3. The van der Waals surface area contributed by atoms with Crippen LogP contribution >= 0.6 is 0 Å². The predicted octanol–water partition coefficient (Wildman–Crippen LogP) is 3.16. The number of aryl methyl sites for hydroxylation is 1. The van der Waals surface area contributed by atoms with E-state index in [1.165, 1.54) is 0 Å². The lowest BCUT2D eigenvalue weighted by Crippen LogP contribution is -2.31. The van der Waals surface area contributed by atoms with Gasteiger partial charge in [0, 0.05) is 18.7 Å². The van der Waals surface area contributed by atoms with Gasteiger partial charge in [-0.05, 0) is 48.9 Å². The number of urea groups is 1. The van der Waals surface area contributed by atoms with Gasteiger partial charge in [0.05, 0.1) is 19.9 Å². The molecule has 3 N–H and O–H groups in total. The highest BCUT2D eigenvalue weighted by Crippen LogP contribution is 2.25. The maximum atomic E-state index is 12.0. The van der Waals surface area contributed by atoms with Crippen LogP contribution in [0.2, 0.25) is 0 Å². The van der Waals surface area contributed by atoms with Gasteiger partial charge in [-0.15, -0.1) is 0 Å². The minimum atomic E-state index is -0.379. The number of carbonyl (C=O) groups is 2. The molecule has 0 aliphatic rings. The molecular formula is C19H23N3O4. The molecule has 0 aliphatic heterocycles. The van der Waals surface area contributed by atoms with Crippen molar-refractivity contribution in [3.05, 3.63) is 48.0 Å². The molecule has 0 aromatic heterocycles. The van der Waals surface area contributed by atoms with Crippen molar-refractivity contribution >= 4 is 23.3 Å². The fourth-order valence-electron chi connectivity index (χ4n) is 2.27. The number of ether oxygens (including phenoxy) is 2. The zero-order chi connectivity index (χ0) is 18.9. The van der Waals surface area contributed by atoms with Crippen molar-refractivity contribution in [2.45, 2.75) is 13.3 Å². The van der Waals surface area contributed by atoms with Crippen LogP contribution in [0, 0.1) is 6.92 Å². The van der Waals surface area contributed by atoms with E-state index in [-0.39, 0.29) is 24.9 Å². The van der Waals surface area contributed by atoms with Crippen LogP contribution in [0.15, 0.2) is 42.5 Å². The Morgan fingerprint density at radius 3 is 2.35 bits per heavy atom. The predicted molar refractivity (Wildman–Crippen MR) is 101 cm³/mol. The molecule has 2 aromatic rings. The third-order valence-electron chi connectivity index (χ3n) is 3.61. The van der Waals surface area contributed by atoms with Gasteiger partial charge in [0.25, 0.3) is 0 Å². The van der Waals surface area contributed by atoms with E-state index in [9.17, 15) is 9.59 Å². The molecule has 0 radical (unpaired) electrons. The Hall–Kier alpha value is -3.22. The first kappa shape index (κ1) is 19.1. The normalized spacial score (nSPS) is 9.96.